The summed E-state index contributed by atoms with van der Waals surface area (Å²) < 4.78 is 2.63. The summed E-state index contributed by atoms with van der Waals surface area (Å²) in [6.07, 6.45) is 1.77. The molecule has 0 aliphatic carbocycles. The molecule has 7 heteroatoms. The lowest BCUT2D eigenvalue weighted by Gasteiger charge is -2.14. The number of rotatable bonds is 3. The van der Waals surface area contributed by atoms with Crippen molar-refractivity contribution in [2.24, 2.45) is 7.05 Å². The number of anilines is 1. The summed E-state index contributed by atoms with van der Waals surface area (Å²) in [7, 11) is 1.88. The van der Waals surface area contributed by atoms with Gasteiger partial charge in [-0.05, 0) is 32.0 Å². The van der Waals surface area contributed by atoms with Crippen LogP contribution in [0, 0.1) is 6.92 Å². The Morgan fingerprint density at radius 1 is 1.48 bits per heavy atom. The Morgan fingerprint density at radius 2 is 2.14 bits per heavy atom. The molecule has 2 aromatic rings. The van der Waals surface area contributed by atoms with Crippen LogP contribution in [0.3, 0.4) is 0 Å². The van der Waals surface area contributed by atoms with Crippen molar-refractivity contribution in [3.63, 3.8) is 0 Å². The van der Waals surface area contributed by atoms with Gasteiger partial charge in [0.05, 0.1) is 17.8 Å². The molecular weight excluding hydrogens is 356 g/mol. The number of nitrogens with zero attached hydrogens (tertiary/aromatic N) is 2. The molecule has 0 fully saturated rings. The van der Waals surface area contributed by atoms with Gasteiger partial charge in [0.1, 0.15) is 0 Å². The number of nitrogens with two attached hydrogens (primary N) is 1. The zero-order chi connectivity index (χ0) is 14.9. The highest BCUT2D eigenvalue weighted by Gasteiger charge is 2.17. The Labute approximate surface area is 138 Å². The van der Waals surface area contributed by atoms with Crippen LogP contribution in [0.2, 0.25) is 0 Å². The van der Waals surface area contributed by atoms with Crippen molar-refractivity contribution in [2.75, 3.05) is 5.73 Å². The van der Waals surface area contributed by atoms with Crippen molar-refractivity contribution < 1.29 is 4.79 Å². The highest BCUT2D eigenvalue weighted by atomic mass is 79.9. The largest absolute Gasteiger partial charge is 0.398 e. The standard InChI is InChI=1S/C14H17BrN4O.ClH/c1-8(12-7-17-19(3)9(12)2)18-14(20)11-5-4-10(15)6-13(11)16;/h4-8H,16H2,1-3H3,(H,18,20);1H. The second kappa shape index (κ2) is 6.95. The van der Waals surface area contributed by atoms with Crippen LogP contribution in [0.15, 0.2) is 28.9 Å². The molecule has 1 unspecified atom stereocenters. The Bertz CT molecular complexity index is 656. The predicted octanol–water partition coefficient (Wildman–Crippen LogP) is 2.99. The van der Waals surface area contributed by atoms with Gasteiger partial charge >= 0.3 is 0 Å². The molecular formula is C14H18BrClN4O. The van der Waals surface area contributed by atoms with E-state index in [0.717, 1.165) is 15.7 Å². The molecule has 2 rings (SSSR count). The summed E-state index contributed by atoms with van der Waals surface area (Å²) in [5.74, 6) is -0.189. The van der Waals surface area contributed by atoms with E-state index in [9.17, 15) is 4.79 Å². The topological polar surface area (TPSA) is 72.9 Å². The van der Waals surface area contributed by atoms with Crippen molar-refractivity contribution in [1.82, 2.24) is 15.1 Å². The third-order valence-corrected chi connectivity index (χ3v) is 3.84. The van der Waals surface area contributed by atoms with Gasteiger partial charge < -0.3 is 11.1 Å². The van der Waals surface area contributed by atoms with E-state index in [-0.39, 0.29) is 24.4 Å². The van der Waals surface area contributed by atoms with Crippen LogP contribution in [0.5, 0.6) is 0 Å². The van der Waals surface area contributed by atoms with Gasteiger partial charge in [0.25, 0.3) is 5.91 Å². The molecule has 21 heavy (non-hydrogen) atoms. The molecule has 1 atom stereocenters. The number of nitrogens with one attached hydrogen (secondary N) is 1. The van der Waals surface area contributed by atoms with E-state index in [1.54, 1.807) is 29.1 Å². The maximum Gasteiger partial charge on any atom is 0.253 e. The molecule has 1 amide bonds. The highest BCUT2D eigenvalue weighted by Crippen LogP contribution is 2.21. The number of nitrogen functional groups attached to an aromatic ring is 1. The normalized spacial score (nSPS) is 11.6. The van der Waals surface area contributed by atoms with Crippen molar-refractivity contribution in [1.29, 1.82) is 0 Å². The zero-order valence-corrected chi connectivity index (χ0v) is 14.5. The fraction of sp³-hybridized carbons (Fsp3) is 0.286. The number of carbonyl (C=O) groups excluding carboxylic acids is 1. The van der Waals surface area contributed by atoms with Crippen LogP contribution in [-0.2, 0) is 7.05 Å². The second-order valence-electron chi connectivity index (χ2n) is 4.74. The van der Waals surface area contributed by atoms with Crippen molar-refractivity contribution in [3.8, 4) is 0 Å². The summed E-state index contributed by atoms with van der Waals surface area (Å²) in [6.45, 7) is 3.90. The maximum absolute atomic E-state index is 12.2. The molecule has 0 radical (unpaired) electrons. The first-order valence-electron chi connectivity index (χ1n) is 6.24. The lowest BCUT2D eigenvalue weighted by atomic mass is 10.1. The third-order valence-electron chi connectivity index (χ3n) is 3.35. The fourth-order valence-electron chi connectivity index (χ4n) is 2.03. The molecule has 0 aliphatic heterocycles. The molecule has 0 aliphatic rings. The summed E-state index contributed by atoms with van der Waals surface area (Å²) in [5.41, 5.74) is 8.81. The van der Waals surface area contributed by atoms with Crippen molar-refractivity contribution in [3.05, 3.63) is 45.7 Å². The van der Waals surface area contributed by atoms with Crippen molar-refractivity contribution in [2.45, 2.75) is 19.9 Å². The minimum Gasteiger partial charge on any atom is -0.398 e. The predicted molar refractivity (Wildman–Crippen MR) is 89.6 cm³/mol. The summed E-state index contributed by atoms with van der Waals surface area (Å²) in [5, 5.41) is 7.12. The number of amides is 1. The molecule has 0 saturated carbocycles. The zero-order valence-electron chi connectivity index (χ0n) is 12.1. The first-order chi connectivity index (χ1) is 9.40. The Balaban J connectivity index is 0.00000220. The second-order valence-corrected chi connectivity index (χ2v) is 5.65. The number of aromatic nitrogens is 2. The van der Waals surface area contributed by atoms with Gasteiger partial charge in [-0.3, -0.25) is 9.48 Å². The quantitative estimate of drug-likeness (QED) is 0.812. The monoisotopic (exact) mass is 372 g/mol. The Hall–Kier alpha value is -1.53. The minimum absolute atomic E-state index is 0. The van der Waals surface area contributed by atoms with Gasteiger partial charge in [0, 0.05) is 28.5 Å². The molecule has 3 N–H and O–H groups in total. The molecule has 0 saturated heterocycles. The highest BCUT2D eigenvalue weighted by molar-refractivity contribution is 9.10. The van der Waals surface area contributed by atoms with Gasteiger partial charge in [-0.25, -0.2) is 0 Å². The Morgan fingerprint density at radius 3 is 2.67 bits per heavy atom. The number of halogens is 2. The van der Waals surface area contributed by atoms with Crippen LogP contribution in [0.1, 0.15) is 34.6 Å². The number of carbonyl (C=O) groups is 1. The first-order valence-corrected chi connectivity index (χ1v) is 7.04. The average molecular weight is 374 g/mol. The molecule has 1 aromatic heterocycles. The molecule has 0 spiro atoms. The summed E-state index contributed by atoms with van der Waals surface area (Å²) in [4.78, 5) is 12.2. The summed E-state index contributed by atoms with van der Waals surface area (Å²) in [6, 6.07) is 5.09. The molecule has 1 aromatic carbocycles. The Kier molecular flexibility index (Phi) is 5.80. The van der Waals surface area contributed by atoms with Gasteiger partial charge in [-0.1, -0.05) is 15.9 Å². The minimum atomic E-state index is -0.189. The average Bonchev–Trinajstić information content (AvgIpc) is 2.69. The van der Waals surface area contributed by atoms with Crippen molar-refractivity contribution >= 4 is 39.9 Å². The van der Waals surface area contributed by atoms with E-state index in [4.69, 9.17) is 5.73 Å². The number of aryl methyl sites for hydroxylation is 1. The molecule has 114 valence electrons. The maximum atomic E-state index is 12.2. The SMILES string of the molecule is Cc1c(C(C)NC(=O)c2ccc(Br)cc2N)cnn1C.Cl. The van der Waals surface area contributed by atoms with Gasteiger partial charge in [0.2, 0.25) is 0 Å². The van der Waals surface area contributed by atoms with Gasteiger partial charge in [0.15, 0.2) is 0 Å². The van der Waals surface area contributed by atoms with Crippen LogP contribution in [0.4, 0.5) is 5.69 Å². The van der Waals surface area contributed by atoms with E-state index in [2.05, 4.69) is 26.3 Å². The summed E-state index contributed by atoms with van der Waals surface area (Å²) >= 11 is 3.32. The first kappa shape index (κ1) is 17.5. The molecule has 0 bridgehead atoms. The number of hydrogen-bond acceptors (Lipinski definition) is 3. The lowest BCUT2D eigenvalue weighted by molar-refractivity contribution is 0.0940. The van der Waals surface area contributed by atoms with E-state index >= 15 is 0 Å². The third kappa shape index (κ3) is 3.77. The van der Waals surface area contributed by atoms with Crippen LogP contribution in [0.25, 0.3) is 0 Å². The van der Waals surface area contributed by atoms with E-state index in [1.807, 2.05) is 20.9 Å². The molecule has 1 heterocycles. The van der Waals surface area contributed by atoms with E-state index in [1.165, 1.54) is 0 Å². The van der Waals surface area contributed by atoms with E-state index < -0.39 is 0 Å². The van der Waals surface area contributed by atoms with Crippen LogP contribution in [-0.4, -0.2) is 15.7 Å². The van der Waals surface area contributed by atoms with Crippen LogP contribution < -0.4 is 11.1 Å². The lowest BCUT2D eigenvalue weighted by Crippen LogP contribution is -2.27. The van der Waals surface area contributed by atoms with Gasteiger partial charge in [-0.2, -0.15) is 5.10 Å². The fourth-order valence-corrected chi connectivity index (χ4v) is 2.41. The number of benzene rings is 1. The van der Waals surface area contributed by atoms with Crippen LogP contribution >= 0.6 is 28.3 Å². The number of hydrogen-bond donors (Lipinski definition) is 2. The molecule has 5 nitrogen and oxygen atoms in total. The van der Waals surface area contributed by atoms with E-state index in [0.29, 0.717) is 11.3 Å². The smallest absolute Gasteiger partial charge is 0.253 e. The van der Waals surface area contributed by atoms with Gasteiger partial charge in [-0.15, -0.1) is 12.4 Å².